The summed E-state index contributed by atoms with van der Waals surface area (Å²) in [5.74, 6) is 0.0393. The Morgan fingerprint density at radius 3 is 2.62 bits per heavy atom. The van der Waals surface area contributed by atoms with E-state index in [-0.39, 0.29) is 6.42 Å². The van der Waals surface area contributed by atoms with E-state index in [0.29, 0.717) is 0 Å². The number of fused-ring (bicyclic) bond motifs is 1. The van der Waals surface area contributed by atoms with Gasteiger partial charge in [-0.05, 0) is 43.9 Å². The lowest BCUT2D eigenvalue weighted by molar-refractivity contribution is -0.136. The summed E-state index contributed by atoms with van der Waals surface area (Å²) in [6.45, 7) is 1.69. The molecular formula is C18H20N4O2. The first-order valence-electron chi connectivity index (χ1n) is 7.80. The number of pyridine rings is 1. The van der Waals surface area contributed by atoms with Gasteiger partial charge in [-0.25, -0.2) is 4.98 Å². The molecule has 0 atom stereocenters. The molecule has 1 aromatic carbocycles. The highest BCUT2D eigenvalue weighted by Crippen LogP contribution is 2.25. The molecule has 0 aliphatic heterocycles. The van der Waals surface area contributed by atoms with Gasteiger partial charge in [0.25, 0.3) is 0 Å². The van der Waals surface area contributed by atoms with Crippen LogP contribution in [0.2, 0.25) is 0 Å². The zero-order valence-electron chi connectivity index (χ0n) is 13.8. The molecule has 0 amide bonds. The highest BCUT2D eigenvalue weighted by molar-refractivity contribution is 5.82. The SMILES string of the molecule is CN(C)CCn1c(-c2ccncc2)nc2cc(CC(=O)O)ccc21. The molecule has 0 aliphatic rings. The summed E-state index contributed by atoms with van der Waals surface area (Å²) < 4.78 is 2.18. The van der Waals surface area contributed by atoms with Gasteiger partial charge >= 0.3 is 5.97 Å². The third-order valence-electron chi connectivity index (χ3n) is 3.88. The second-order valence-corrected chi connectivity index (χ2v) is 6.02. The first-order valence-corrected chi connectivity index (χ1v) is 7.80. The van der Waals surface area contributed by atoms with E-state index in [0.717, 1.165) is 41.1 Å². The number of carboxylic acids is 1. The van der Waals surface area contributed by atoms with E-state index in [4.69, 9.17) is 10.1 Å². The van der Waals surface area contributed by atoms with E-state index < -0.39 is 5.97 Å². The van der Waals surface area contributed by atoms with Gasteiger partial charge in [-0.1, -0.05) is 6.07 Å². The topological polar surface area (TPSA) is 71.2 Å². The minimum Gasteiger partial charge on any atom is -0.481 e. The van der Waals surface area contributed by atoms with Crippen molar-refractivity contribution in [3.05, 3.63) is 48.3 Å². The van der Waals surface area contributed by atoms with E-state index in [1.165, 1.54) is 0 Å². The van der Waals surface area contributed by atoms with E-state index in [9.17, 15) is 4.79 Å². The van der Waals surface area contributed by atoms with E-state index in [1.54, 1.807) is 12.4 Å². The van der Waals surface area contributed by atoms with Crippen LogP contribution in [0.5, 0.6) is 0 Å². The van der Waals surface area contributed by atoms with E-state index in [2.05, 4.69) is 14.5 Å². The standard InChI is InChI=1S/C18H20N4O2/c1-21(2)9-10-22-16-4-3-13(12-17(23)24)11-15(16)20-18(22)14-5-7-19-8-6-14/h3-8,11H,9-10,12H2,1-2H3,(H,23,24). The molecule has 0 radical (unpaired) electrons. The third-order valence-corrected chi connectivity index (χ3v) is 3.88. The number of rotatable bonds is 6. The Bertz CT molecular complexity index is 856. The molecular weight excluding hydrogens is 304 g/mol. The number of hydrogen-bond acceptors (Lipinski definition) is 4. The van der Waals surface area contributed by atoms with Crippen LogP contribution in [0.3, 0.4) is 0 Å². The quantitative estimate of drug-likeness (QED) is 0.753. The van der Waals surface area contributed by atoms with Gasteiger partial charge in [-0.3, -0.25) is 9.78 Å². The Hall–Kier alpha value is -2.73. The smallest absolute Gasteiger partial charge is 0.307 e. The second kappa shape index (κ2) is 6.80. The Morgan fingerprint density at radius 1 is 1.21 bits per heavy atom. The number of carbonyl (C=O) groups is 1. The van der Waals surface area contributed by atoms with Gasteiger partial charge in [-0.2, -0.15) is 0 Å². The molecule has 3 aromatic rings. The Kier molecular flexibility index (Phi) is 4.57. The van der Waals surface area contributed by atoms with Crippen molar-refractivity contribution in [2.24, 2.45) is 0 Å². The average Bonchev–Trinajstić information content (AvgIpc) is 2.91. The largest absolute Gasteiger partial charge is 0.481 e. The summed E-state index contributed by atoms with van der Waals surface area (Å²) in [4.78, 5) is 21.9. The van der Waals surface area contributed by atoms with Gasteiger partial charge in [0.1, 0.15) is 5.82 Å². The van der Waals surface area contributed by atoms with Crippen LogP contribution in [0.25, 0.3) is 22.4 Å². The number of aromatic nitrogens is 3. The van der Waals surface area contributed by atoms with Crippen LogP contribution < -0.4 is 0 Å². The van der Waals surface area contributed by atoms with Crippen LogP contribution in [-0.2, 0) is 17.8 Å². The maximum absolute atomic E-state index is 10.9. The zero-order valence-corrected chi connectivity index (χ0v) is 13.8. The van der Waals surface area contributed by atoms with Crippen LogP contribution >= 0.6 is 0 Å². The number of likely N-dealkylation sites (N-methyl/N-ethyl adjacent to an activating group) is 1. The van der Waals surface area contributed by atoms with Crippen LogP contribution in [0, 0.1) is 0 Å². The van der Waals surface area contributed by atoms with Gasteiger partial charge in [0.15, 0.2) is 0 Å². The molecule has 0 bridgehead atoms. The molecule has 0 aliphatic carbocycles. The number of nitrogens with zero attached hydrogens (tertiary/aromatic N) is 4. The number of carboxylic acid groups (broad SMARTS) is 1. The maximum Gasteiger partial charge on any atom is 0.307 e. The third kappa shape index (κ3) is 3.44. The fourth-order valence-corrected chi connectivity index (χ4v) is 2.71. The van der Waals surface area contributed by atoms with Crippen molar-refractivity contribution in [1.29, 1.82) is 0 Å². The highest BCUT2D eigenvalue weighted by atomic mass is 16.4. The minimum atomic E-state index is -0.837. The molecule has 2 aromatic heterocycles. The van der Waals surface area contributed by atoms with Gasteiger partial charge in [0.05, 0.1) is 17.5 Å². The number of hydrogen-bond donors (Lipinski definition) is 1. The predicted molar refractivity (Wildman–Crippen MR) is 92.9 cm³/mol. The molecule has 6 heteroatoms. The summed E-state index contributed by atoms with van der Waals surface area (Å²) in [6.07, 6.45) is 3.51. The summed E-state index contributed by atoms with van der Waals surface area (Å²) in [5, 5.41) is 8.98. The molecule has 0 spiro atoms. The monoisotopic (exact) mass is 324 g/mol. The van der Waals surface area contributed by atoms with Crippen LogP contribution in [0.4, 0.5) is 0 Å². The van der Waals surface area contributed by atoms with Gasteiger partial charge < -0.3 is 14.6 Å². The molecule has 1 N–H and O–H groups in total. The summed E-state index contributed by atoms with van der Waals surface area (Å²) in [5.41, 5.74) is 3.59. The van der Waals surface area contributed by atoms with Crippen molar-refractivity contribution in [2.75, 3.05) is 20.6 Å². The number of aliphatic carboxylic acids is 1. The van der Waals surface area contributed by atoms with Crippen molar-refractivity contribution in [3.8, 4) is 11.4 Å². The average molecular weight is 324 g/mol. The van der Waals surface area contributed by atoms with Crippen LogP contribution in [0.15, 0.2) is 42.7 Å². The van der Waals surface area contributed by atoms with E-state index in [1.807, 2.05) is 44.4 Å². The van der Waals surface area contributed by atoms with Crippen molar-refractivity contribution < 1.29 is 9.90 Å². The van der Waals surface area contributed by atoms with Crippen molar-refractivity contribution >= 4 is 17.0 Å². The normalized spacial score (nSPS) is 11.3. The second-order valence-electron chi connectivity index (χ2n) is 6.02. The fraction of sp³-hybridized carbons (Fsp3) is 0.278. The van der Waals surface area contributed by atoms with Gasteiger partial charge in [0.2, 0.25) is 0 Å². The molecule has 6 nitrogen and oxygen atoms in total. The molecule has 0 fully saturated rings. The Balaban J connectivity index is 2.10. The summed E-state index contributed by atoms with van der Waals surface area (Å²) in [7, 11) is 4.08. The molecule has 3 rings (SSSR count). The van der Waals surface area contributed by atoms with Gasteiger partial charge in [0, 0.05) is 31.0 Å². The fourth-order valence-electron chi connectivity index (χ4n) is 2.71. The molecule has 124 valence electrons. The van der Waals surface area contributed by atoms with Gasteiger partial charge in [-0.15, -0.1) is 0 Å². The van der Waals surface area contributed by atoms with E-state index >= 15 is 0 Å². The number of imidazole rings is 1. The van der Waals surface area contributed by atoms with Crippen molar-refractivity contribution in [1.82, 2.24) is 19.4 Å². The van der Waals surface area contributed by atoms with Crippen LogP contribution in [0.1, 0.15) is 5.56 Å². The Labute approximate surface area is 140 Å². The summed E-state index contributed by atoms with van der Waals surface area (Å²) >= 11 is 0. The highest BCUT2D eigenvalue weighted by Gasteiger charge is 2.14. The lowest BCUT2D eigenvalue weighted by Gasteiger charge is -2.13. The molecule has 2 heterocycles. The molecule has 0 unspecified atom stereocenters. The molecule has 0 saturated carbocycles. The Morgan fingerprint density at radius 2 is 1.96 bits per heavy atom. The maximum atomic E-state index is 10.9. The zero-order chi connectivity index (χ0) is 17.1. The predicted octanol–water partition coefficient (Wildman–Crippen LogP) is 2.29. The molecule has 0 saturated heterocycles. The summed E-state index contributed by atoms with van der Waals surface area (Å²) in [6, 6.07) is 9.55. The van der Waals surface area contributed by atoms with Crippen LogP contribution in [-0.4, -0.2) is 51.2 Å². The minimum absolute atomic E-state index is 0.00505. The molecule has 24 heavy (non-hydrogen) atoms. The lowest BCUT2D eigenvalue weighted by atomic mass is 10.1. The number of benzene rings is 1. The van der Waals surface area contributed by atoms with Crippen molar-refractivity contribution in [2.45, 2.75) is 13.0 Å². The first kappa shape index (κ1) is 16.1. The first-order chi connectivity index (χ1) is 11.5. The van der Waals surface area contributed by atoms with Crippen molar-refractivity contribution in [3.63, 3.8) is 0 Å². The lowest BCUT2D eigenvalue weighted by Crippen LogP contribution is -2.18.